The van der Waals surface area contributed by atoms with Gasteiger partial charge in [0.15, 0.2) is 0 Å². The van der Waals surface area contributed by atoms with Crippen molar-refractivity contribution in [2.45, 2.75) is 20.5 Å². The summed E-state index contributed by atoms with van der Waals surface area (Å²) < 4.78 is 7.29. The first-order chi connectivity index (χ1) is 10.1. The quantitative estimate of drug-likeness (QED) is 0.741. The van der Waals surface area contributed by atoms with Crippen molar-refractivity contribution < 1.29 is 4.74 Å². The van der Waals surface area contributed by atoms with Gasteiger partial charge in [-0.05, 0) is 37.1 Å². The normalized spacial score (nSPS) is 10.8. The van der Waals surface area contributed by atoms with Gasteiger partial charge in [0.1, 0.15) is 18.0 Å². The van der Waals surface area contributed by atoms with Crippen LogP contribution in [0.25, 0.3) is 5.65 Å². The number of ether oxygens (including phenoxy) is 1. The molecule has 4 nitrogen and oxygen atoms in total. The number of para-hydroxylation sites is 1. The lowest BCUT2D eigenvalue weighted by Crippen LogP contribution is -2.16. The Morgan fingerprint density at radius 3 is 2.76 bits per heavy atom. The Morgan fingerprint density at radius 2 is 1.95 bits per heavy atom. The molecule has 0 saturated carbocycles. The molecule has 0 atom stereocenters. The number of hydrogen-bond acceptors (Lipinski definition) is 3. The van der Waals surface area contributed by atoms with Crippen molar-refractivity contribution in [3.8, 4) is 5.75 Å². The first kappa shape index (κ1) is 13.4. The minimum absolute atomic E-state index is 0.0907. The number of rotatable bonds is 3. The largest absolute Gasteiger partial charge is 0.487 e. The SMILES string of the molecule is Cc1ccc2nc(COc3ccccc3C)cc(=O)n2c1. The van der Waals surface area contributed by atoms with Gasteiger partial charge in [-0.2, -0.15) is 0 Å². The number of aromatic nitrogens is 2. The third kappa shape index (κ3) is 2.79. The molecule has 2 heterocycles. The number of aryl methyl sites for hydroxylation is 2. The van der Waals surface area contributed by atoms with Crippen molar-refractivity contribution in [3.63, 3.8) is 0 Å². The second-order valence-corrected chi connectivity index (χ2v) is 5.07. The van der Waals surface area contributed by atoms with E-state index in [1.807, 2.05) is 50.2 Å². The summed E-state index contributed by atoms with van der Waals surface area (Å²) >= 11 is 0. The van der Waals surface area contributed by atoms with E-state index in [1.165, 1.54) is 6.07 Å². The number of hydrogen-bond donors (Lipinski definition) is 0. The lowest BCUT2D eigenvalue weighted by atomic mass is 10.2. The van der Waals surface area contributed by atoms with E-state index in [9.17, 15) is 4.79 Å². The molecular weight excluding hydrogens is 264 g/mol. The highest BCUT2D eigenvalue weighted by Crippen LogP contribution is 2.17. The van der Waals surface area contributed by atoms with Crippen LogP contribution in [0.2, 0.25) is 0 Å². The molecule has 0 saturated heterocycles. The maximum atomic E-state index is 12.1. The van der Waals surface area contributed by atoms with Crippen molar-refractivity contribution in [2.24, 2.45) is 0 Å². The smallest absolute Gasteiger partial charge is 0.258 e. The van der Waals surface area contributed by atoms with Crippen molar-refractivity contribution in [1.82, 2.24) is 9.38 Å². The van der Waals surface area contributed by atoms with E-state index < -0.39 is 0 Å². The van der Waals surface area contributed by atoms with Crippen molar-refractivity contribution in [2.75, 3.05) is 0 Å². The van der Waals surface area contributed by atoms with E-state index in [1.54, 1.807) is 10.6 Å². The lowest BCUT2D eigenvalue weighted by molar-refractivity contribution is 0.299. The zero-order valence-corrected chi connectivity index (χ0v) is 12.0. The molecule has 0 unspecified atom stereocenters. The first-order valence-electron chi connectivity index (χ1n) is 6.81. The molecule has 0 aliphatic heterocycles. The molecule has 0 radical (unpaired) electrons. The van der Waals surface area contributed by atoms with Crippen LogP contribution < -0.4 is 10.3 Å². The molecule has 0 bridgehead atoms. The van der Waals surface area contributed by atoms with E-state index in [4.69, 9.17) is 4.74 Å². The van der Waals surface area contributed by atoms with Crippen LogP contribution in [0.3, 0.4) is 0 Å². The maximum absolute atomic E-state index is 12.1. The summed E-state index contributed by atoms with van der Waals surface area (Å²) in [5.74, 6) is 0.809. The van der Waals surface area contributed by atoms with E-state index in [2.05, 4.69) is 4.98 Å². The molecule has 0 N–H and O–H groups in total. The molecule has 0 aliphatic rings. The van der Waals surface area contributed by atoms with Gasteiger partial charge in [-0.25, -0.2) is 4.98 Å². The minimum Gasteiger partial charge on any atom is -0.487 e. The van der Waals surface area contributed by atoms with Crippen molar-refractivity contribution in [1.29, 1.82) is 0 Å². The standard InChI is InChI=1S/C17H16N2O2/c1-12-7-8-16-18-14(9-17(20)19(16)10-12)11-21-15-6-4-3-5-13(15)2/h3-10H,11H2,1-2H3. The van der Waals surface area contributed by atoms with E-state index in [0.717, 1.165) is 16.9 Å². The van der Waals surface area contributed by atoms with Crippen molar-refractivity contribution in [3.05, 3.63) is 75.8 Å². The average molecular weight is 280 g/mol. The minimum atomic E-state index is -0.0907. The molecule has 0 spiro atoms. The Bertz CT molecular complexity index is 853. The topological polar surface area (TPSA) is 43.6 Å². The summed E-state index contributed by atoms with van der Waals surface area (Å²) in [5.41, 5.74) is 3.26. The fourth-order valence-electron chi connectivity index (χ4n) is 2.20. The molecule has 2 aromatic heterocycles. The van der Waals surface area contributed by atoms with Crippen LogP contribution in [0.5, 0.6) is 5.75 Å². The highest BCUT2D eigenvalue weighted by Gasteiger charge is 2.04. The van der Waals surface area contributed by atoms with Gasteiger partial charge in [0, 0.05) is 12.3 Å². The van der Waals surface area contributed by atoms with Gasteiger partial charge >= 0.3 is 0 Å². The number of benzene rings is 1. The fraction of sp³-hybridized carbons (Fsp3) is 0.176. The third-order valence-corrected chi connectivity index (χ3v) is 3.33. The molecule has 3 rings (SSSR count). The number of nitrogens with zero attached hydrogens (tertiary/aromatic N) is 2. The maximum Gasteiger partial charge on any atom is 0.258 e. The molecule has 4 heteroatoms. The predicted octanol–water partition coefficient (Wildman–Crippen LogP) is 2.89. The summed E-state index contributed by atoms with van der Waals surface area (Å²) in [5, 5.41) is 0. The Hall–Kier alpha value is -2.62. The van der Waals surface area contributed by atoms with Crippen LogP contribution in [0, 0.1) is 13.8 Å². The molecular formula is C17H16N2O2. The summed E-state index contributed by atoms with van der Waals surface area (Å²) in [6.45, 7) is 4.21. The van der Waals surface area contributed by atoms with Gasteiger partial charge in [0.25, 0.3) is 5.56 Å². The van der Waals surface area contributed by atoms with Crippen LogP contribution in [-0.4, -0.2) is 9.38 Å². The zero-order valence-electron chi connectivity index (χ0n) is 12.0. The zero-order chi connectivity index (χ0) is 14.8. The van der Waals surface area contributed by atoms with Gasteiger partial charge in [-0.1, -0.05) is 24.3 Å². The summed E-state index contributed by atoms with van der Waals surface area (Å²) in [6.07, 6.45) is 1.79. The Labute approximate surface area is 122 Å². The van der Waals surface area contributed by atoms with E-state index >= 15 is 0 Å². The van der Waals surface area contributed by atoms with Gasteiger partial charge in [0.2, 0.25) is 0 Å². The molecule has 0 fully saturated rings. The van der Waals surface area contributed by atoms with Crippen LogP contribution in [0.4, 0.5) is 0 Å². The van der Waals surface area contributed by atoms with Gasteiger partial charge in [0.05, 0.1) is 5.69 Å². The Kier molecular flexibility index (Phi) is 3.44. The molecule has 106 valence electrons. The summed E-state index contributed by atoms with van der Waals surface area (Å²) in [6, 6.07) is 13.1. The summed E-state index contributed by atoms with van der Waals surface area (Å²) in [7, 11) is 0. The second-order valence-electron chi connectivity index (χ2n) is 5.07. The first-order valence-corrected chi connectivity index (χ1v) is 6.81. The van der Waals surface area contributed by atoms with Crippen LogP contribution in [-0.2, 0) is 6.61 Å². The summed E-state index contributed by atoms with van der Waals surface area (Å²) in [4.78, 5) is 16.6. The van der Waals surface area contributed by atoms with Crippen LogP contribution in [0.15, 0.2) is 53.5 Å². The van der Waals surface area contributed by atoms with Crippen LogP contribution in [0.1, 0.15) is 16.8 Å². The van der Waals surface area contributed by atoms with Gasteiger partial charge < -0.3 is 4.74 Å². The Balaban J connectivity index is 1.90. The predicted molar refractivity (Wildman–Crippen MR) is 81.7 cm³/mol. The molecule has 21 heavy (non-hydrogen) atoms. The van der Waals surface area contributed by atoms with Gasteiger partial charge in [-0.3, -0.25) is 9.20 Å². The highest BCUT2D eigenvalue weighted by atomic mass is 16.5. The van der Waals surface area contributed by atoms with Crippen LogP contribution >= 0.6 is 0 Å². The van der Waals surface area contributed by atoms with Crippen molar-refractivity contribution >= 4 is 5.65 Å². The highest BCUT2D eigenvalue weighted by molar-refractivity contribution is 5.40. The van der Waals surface area contributed by atoms with E-state index in [0.29, 0.717) is 11.3 Å². The number of pyridine rings is 1. The molecule has 0 aliphatic carbocycles. The third-order valence-electron chi connectivity index (χ3n) is 3.33. The van der Waals surface area contributed by atoms with Gasteiger partial charge in [-0.15, -0.1) is 0 Å². The monoisotopic (exact) mass is 280 g/mol. The molecule has 0 amide bonds. The molecule has 1 aromatic carbocycles. The number of fused-ring (bicyclic) bond motifs is 1. The Morgan fingerprint density at radius 1 is 1.14 bits per heavy atom. The average Bonchev–Trinajstić information content (AvgIpc) is 2.47. The fourth-order valence-corrected chi connectivity index (χ4v) is 2.20. The molecule has 3 aromatic rings. The second kappa shape index (κ2) is 5.40. The van der Waals surface area contributed by atoms with E-state index in [-0.39, 0.29) is 12.2 Å². The lowest BCUT2D eigenvalue weighted by Gasteiger charge is -2.09.